The first-order valence-electron chi connectivity index (χ1n) is 12.0. The lowest BCUT2D eigenvalue weighted by Crippen LogP contribution is -2.35. The molecular weight excluding hydrogens is 466 g/mol. The van der Waals surface area contributed by atoms with E-state index in [1.165, 1.54) is 6.26 Å². The molecule has 0 bridgehead atoms. The van der Waals surface area contributed by atoms with Crippen molar-refractivity contribution in [1.82, 2.24) is 5.32 Å². The van der Waals surface area contributed by atoms with Gasteiger partial charge in [0.2, 0.25) is 11.2 Å². The van der Waals surface area contributed by atoms with E-state index in [1.54, 1.807) is 36.4 Å². The number of aliphatic carboxylic acids is 1. The number of amides is 1. The third-order valence-electron chi connectivity index (χ3n) is 6.24. The fourth-order valence-electron chi connectivity index (χ4n) is 4.25. The van der Waals surface area contributed by atoms with E-state index in [0.717, 1.165) is 12.8 Å². The number of fused-ring (bicyclic) bond motifs is 1. The Balaban J connectivity index is 1.33. The molecule has 2 N–H and O–H groups in total. The van der Waals surface area contributed by atoms with Crippen LogP contribution in [0.4, 0.5) is 0 Å². The van der Waals surface area contributed by atoms with Gasteiger partial charge in [-0.1, -0.05) is 12.1 Å². The van der Waals surface area contributed by atoms with Gasteiger partial charge in [-0.3, -0.25) is 14.4 Å². The highest BCUT2D eigenvalue weighted by Gasteiger charge is 2.26. The fourth-order valence-corrected chi connectivity index (χ4v) is 4.25. The summed E-state index contributed by atoms with van der Waals surface area (Å²) in [7, 11) is 0. The van der Waals surface area contributed by atoms with E-state index >= 15 is 0 Å². The molecule has 9 nitrogen and oxygen atoms in total. The summed E-state index contributed by atoms with van der Waals surface area (Å²) in [4.78, 5) is 36.2. The number of hydrogen-bond acceptors (Lipinski definition) is 7. The maximum Gasteiger partial charge on any atom is 0.306 e. The van der Waals surface area contributed by atoms with Crippen LogP contribution < -0.4 is 25.0 Å². The van der Waals surface area contributed by atoms with Crippen molar-refractivity contribution >= 4 is 22.8 Å². The van der Waals surface area contributed by atoms with Gasteiger partial charge < -0.3 is 29.1 Å². The molecule has 2 aromatic carbocycles. The minimum atomic E-state index is -0.743. The van der Waals surface area contributed by atoms with Crippen LogP contribution in [0.1, 0.15) is 32.6 Å². The van der Waals surface area contributed by atoms with Gasteiger partial charge in [0.05, 0.1) is 17.9 Å². The van der Waals surface area contributed by atoms with E-state index in [0.29, 0.717) is 54.2 Å². The number of rotatable bonds is 10. The molecule has 36 heavy (non-hydrogen) atoms. The Morgan fingerprint density at radius 1 is 1.03 bits per heavy atom. The lowest BCUT2D eigenvalue weighted by Gasteiger charge is -2.26. The first-order chi connectivity index (χ1) is 17.4. The molecule has 3 aromatic rings. The number of carboxylic acid groups (broad SMARTS) is 1. The lowest BCUT2D eigenvalue weighted by atomic mass is 9.82. The van der Waals surface area contributed by atoms with Crippen molar-refractivity contribution in [2.75, 3.05) is 19.8 Å². The third kappa shape index (κ3) is 6.16. The van der Waals surface area contributed by atoms with E-state index in [9.17, 15) is 14.4 Å². The van der Waals surface area contributed by atoms with Gasteiger partial charge in [-0.25, -0.2) is 0 Å². The topological polar surface area (TPSA) is 124 Å². The highest BCUT2D eigenvalue weighted by Crippen LogP contribution is 2.31. The quantitative estimate of drug-likeness (QED) is 0.425. The van der Waals surface area contributed by atoms with Gasteiger partial charge in [0, 0.05) is 12.6 Å². The maximum atomic E-state index is 12.9. The Hall–Kier alpha value is -4.01. The largest absolute Gasteiger partial charge is 0.490 e. The van der Waals surface area contributed by atoms with Crippen molar-refractivity contribution in [3.63, 3.8) is 0 Å². The van der Waals surface area contributed by atoms with Gasteiger partial charge in [0.1, 0.15) is 17.6 Å². The standard InChI is InChI=1S/C27H29NO8/c1-2-33-21-5-3-4-6-22(21)36-24-15-35-23-13-19(11-12-20(23)26(24)30)34-16-25(29)28-14-17-7-9-18(10-8-17)27(31)32/h3-6,11-13,15,17-18H,2,7-10,14,16H2,1H3,(H,28,29)(H,31,32). The summed E-state index contributed by atoms with van der Waals surface area (Å²) in [6.45, 7) is 2.63. The Morgan fingerprint density at radius 2 is 1.78 bits per heavy atom. The molecule has 1 heterocycles. The number of para-hydroxylation sites is 2. The second-order valence-electron chi connectivity index (χ2n) is 8.72. The van der Waals surface area contributed by atoms with Crippen LogP contribution in [0.25, 0.3) is 11.0 Å². The molecule has 0 spiro atoms. The minimum Gasteiger partial charge on any atom is -0.490 e. The van der Waals surface area contributed by atoms with Crippen LogP contribution in [0.2, 0.25) is 0 Å². The summed E-state index contributed by atoms with van der Waals surface area (Å²) in [5, 5.41) is 12.2. The van der Waals surface area contributed by atoms with Crippen molar-refractivity contribution in [3.05, 3.63) is 59.0 Å². The van der Waals surface area contributed by atoms with Crippen LogP contribution in [0.5, 0.6) is 23.0 Å². The molecule has 1 aliphatic carbocycles. The van der Waals surface area contributed by atoms with E-state index in [2.05, 4.69) is 5.32 Å². The molecule has 1 fully saturated rings. The first kappa shape index (κ1) is 25.1. The van der Waals surface area contributed by atoms with E-state index < -0.39 is 5.97 Å². The maximum absolute atomic E-state index is 12.9. The number of carbonyl (C=O) groups excluding carboxylic acids is 1. The summed E-state index contributed by atoms with van der Waals surface area (Å²) in [5.74, 6) is 0.333. The van der Waals surface area contributed by atoms with E-state index in [1.807, 2.05) is 13.0 Å². The molecule has 0 radical (unpaired) electrons. The molecule has 0 unspecified atom stereocenters. The van der Waals surface area contributed by atoms with Crippen LogP contribution in [-0.4, -0.2) is 36.7 Å². The monoisotopic (exact) mass is 495 g/mol. The molecule has 0 atom stereocenters. The van der Waals surface area contributed by atoms with Gasteiger partial charge in [-0.2, -0.15) is 0 Å². The van der Waals surface area contributed by atoms with Gasteiger partial charge in [0.25, 0.3) is 5.91 Å². The Kier molecular flexibility index (Phi) is 8.10. The number of carboxylic acids is 1. The number of benzene rings is 2. The lowest BCUT2D eigenvalue weighted by molar-refractivity contribution is -0.143. The Morgan fingerprint density at radius 3 is 2.50 bits per heavy atom. The molecule has 1 aliphatic rings. The van der Waals surface area contributed by atoms with Crippen molar-refractivity contribution < 1.29 is 33.3 Å². The van der Waals surface area contributed by atoms with Crippen LogP contribution in [0.15, 0.2) is 57.9 Å². The van der Waals surface area contributed by atoms with E-state index in [-0.39, 0.29) is 35.5 Å². The zero-order chi connectivity index (χ0) is 25.5. The zero-order valence-corrected chi connectivity index (χ0v) is 20.0. The van der Waals surface area contributed by atoms with Gasteiger partial charge >= 0.3 is 5.97 Å². The molecule has 0 saturated heterocycles. The predicted octanol–water partition coefficient (Wildman–Crippen LogP) is 4.37. The number of ether oxygens (including phenoxy) is 3. The second kappa shape index (κ2) is 11.6. The molecular formula is C27H29NO8. The molecule has 4 rings (SSSR count). The third-order valence-corrected chi connectivity index (χ3v) is 6.24. The molecule has 190 valence electrons. The van der Waals surface area contributed by atoms with Crippen LogP contribution >= 0.6 is 0 Å². The van der Waals surface area contributed by atoms with Crippen LogP contribution in [-0.2, 0) is 9.59 Å². The minimum absolute atomic E-state index is 0.0279. The average molecular weight is 496 g/mol. The first-order valence-corrected chi connectivity index (χ1v) is 12.0. The van der Waals surface area contributed by atoms with E-state index in [4.69, 9.17) is 23.7 Å². The molecule has 0 aliphatic heterocycles. The Labute approximate surface area is 208 Å². The second-order valence-corrected chi connectivity index (χ2v) is 8.72. The SMILES string of the molecule is CCOc1ccccc1Oc1coc2cc(OCC(=O)NCC3CCC(C(=O)O)CC3)ccc2c1=O. The highest BCUT2D eigenvalue weighted by molar-refractivity contribution is 5.80. The van der Waals surface area contributed by atoms with Gasteiger partial charge in [-0.05, 0) is 62.8 Å². The number of hydrogen-bond donors (Lipinski definition) is 2. The van der Waals surface area contributed by atoms with Crippen molar-refractivity contribution in [2.45, 2.75) is 32.6 Å². The van der Waals surface area contributed by atoms with Gasteiger partial charge in [0.15, 0.2) is 18.1 Å². The summed E-state index contributed by atoms with van der Waals surface area (Å²) in [5.41, 5.74) is -0.0389. The summed E-state index contributed by atoms with van der Waals surface area (Å²) in [6.07, 6.45) is 4.08. The summed E-state index contributed by atoms with van der Waals surface area (Å²) >= 11 is 0. The van der Waals surface area contributed by atoms with Crippen molar-refractivity contribution in [2.24, 2.45) is 11.8 Å². The van der Waals surface area contributed by atoms with Crippen molar-refractivity contribution in [1.29, 1.82) is 0 Å². The number of carbonyl (C=O) groups is 2. The molecule has 1 saturated carbocycles. The van der Waals surface area contributed by atoms with Crippen LogP contribution in [0, 0.1) is 11.8 Å². The summed E-state index contributed by atoms with van der Waals surface area (Å²) in [6, 6.07) is 11.8. The summed E-state index contributed by atoms with van der Waals surface area (Å²) < 4.78 is 22.5. The normalized spacial score (nSPS) is 17.4. The van der Waals surface area contributed by atoms with Crippen LogP contribution in [0.3, 0.4) is 0 Å². The highest BCUT2D eigenvalue weighted by atomic mass is 16.5. The van der Waals surface area contributed by atoms with Gasteiger partial charge in [-0.15, -0.1) is 0 Å². The molecule has 1 aromatic heterocycles. The smallest absolute Gasteiger partial charge is 0.306 e. The van der Waals surface area contributed by atoms with Crippen molar-refractivity contribution in [3.8, 4) is 23.0 Å². The number of nitrogens with one attached hydrogen (secondary N) is 1. The Bertz CT molecular complexity index is 1280. The zero-order valence-electron chi connectivity index (χ0n) is 20.0. The molecule has 9 heteroatoms. The predicted molar refractivity (Wildman–Crippen MR) is 132 cm³/mol. The average Bonchev–Trinajstić information content (AvgIpc) is 2.89. The molecule has 1 amide bonds. The fraction of sp³-hybridized carbons (Fsp3) is 0.370.